The third kappa shape index (κ3) is 4.69. The van der Waals surface area contributed by atoms with Gasteiger partial charge in [0.2, 0.25) is 5.91 Å². The second kappa shape index (κ2) is 9.57. The minimum absolute atomic E-state index is 0.00575. The predicted octanol–water partition coefficient (Wildman–Crippen LogP) is 5.01. The number of aromatic nitrogens is 1. The van der Waals surface area contributed by atoms with Crippen molar-refractivity contribution in [3.8, 4) is 11.1 Å². The number of nitrogens with zero attached hydrogens (tertiary/aromatic N) is 3. The Kier molecular flexibility index (Phi) is 6.35. The highest BCUT2D eigenvalue weighted by molar-refractivity contribution is 6.33. The largest absolute Gasteiger partial charge is 0.398 e. The van der Waals surface area contributed by atoms with Crippen molar-refractivity contribution in [2.24, 2.45) is 0 Å². The van der Waals surface area contributed by atoms with Crippen LogP contribution >= 0.6 is 11.6 Å². The monoisotopic (exact) mass is 476 g/mol. The standard InChI is InChI=1S/C27H26ClFN4O/c28-25-13-26(30)19(12-24(25)20-2-1-11-31-14-20)5-10-27(34)33-22-8-9-23(33)17-32(16-22)15-18-3-6-21(29)7-4-18/h1-7,10-14,22-23H,8-9,15-17,30H2. The molecule has 0 saturated carbocycles. The molecular weight excluding hydrogens is 451 g/mol. The van der Waals surface area contributed by atoms with Gasteiger partial charge in [-0.1, -0.05) is 29.8 Å². The predicted molar refractivity (Wildman–Crippen MR) is 133 cm³/mol. The Hall–Kier alpha value is -3.22. The smallest absolute Gasteiger partial charge is 0.247 e. The number of pyridine rings is 1. The molecule has 0 spiro atoms. The average molecular weight is 477 g/mol. The van der Waals surface area contributed by atoms with Gasteiger partial charge in [-0.2, -0.15) is 0 Å². The first-order valence-corrected chi connectivity index (χ1v) is 11.8. The zero-order valence-corrected chi connectivity index (χ0v) is 19.5. The average Bonchev–Trinajstić information content (AvgIpc) is 3.11. The van der Waals surface area contributed by atoms with Crippen molar-refractivity contribution < 1.29 is 9.18 Å². The molecule has 2 saturated heterocycles. The maximum absolute atomic E-state index is 13.2. The summed E-state index contributed by atoms with van der Waals surface area (Å²) < 4.78 is 13.2. The minimum atomic E-state index is -0.222. The number of rotatable bonds is 5. The van der Waals surface area contributed by atoms with Crippen molar-refractivity contribution in [2.45, 2.75) is 31.5 Å². The van der Waals surface area contributed by atoms with E-state index in [0.717, 1.165) is 54.7 Å². The van der Waals surface area contributed by atoms with Crippen molar-refractivity contribution >= 4 is 29.3 Å². The van der Waals surface area contributed by atoms with Gasteiger partial charge in [-0.25, -0.2) is 4.39 Å². The van der Waals surface area contributed by atoms with Gasteiger partial charge in [0.05, 0.1) is 5.02 Å². The molecule has 0 aliphatic carbocycles. The number of benzene rings is 2. The van der Waals surface area contributed by atoms with E-state index in [4.69, 9.17) is 17.3 Å². The lowest BCUT2D eigenvalue weighted by atomic mass is 10.0. The number of fused-ring (bicyclic) bond motifs is 2. The maximum Gasteiger partial charge on any atom is 0.247 e. The SMILES string of the molecule is Nc1cc(Cl)c(-c2cccnc2)cc1C=CC(=O)N1C2CCC1CN(Cc1ccc(F)cc1)C2. The van der Waals surface area contributed by atoms with Crippen molar-refractivity contribution in [2.75, 3.05) is 18.8 Å². The van der Waals surface area contributed by atoms with E-state index in [1.165, 1.54) is 12.1 Å². The summed E-state index contributed by atoms with van der Waals surface area (Å²) in [5.74, 6) is -0.217. The Balaban J connectivity index is 1.29. The third-order valence-electron chi connectivity index (χ3n) is 6.68. The molecule has 2 N–H and O–H groups in total. The van der Waals surface area contributed by atoms with Crippen LogP contribution in [0.2, 0.25) is 5.02 Å². The first kappa shape index (κ1) is 22.6. The Morgan fingerprint density at radius 2 is 1.88 bits per heavy atom. The van der Waals surface area contributed by atoms with Crippen LogP contribution in [-0.4, -0.2) is 45.9 Å². The number of carbonyl (C=O) groups excluding carboxylic acids is 1. The number of likely N-dealkylation sites (tertiary alicyclic amines) is 1. The molecule has 1 amide bonds. The molecule has 0 radical (unpaired) electrons. The van der Waals surface area contributed by atoms with E-state index in [0.29, 0.717) is 10.7 Å². The van der Waals surface area contributed by atoms with E-state index in [9.17, 15) is 9.18 Å². The first-order chi connectivity index (χ1) is 16.5. The number of hydrogen-bond acceptors (Lipinski definition) is 4. The molecule has 2 aliphatic rings. The number of hydrogen-bond donors (Lipinski definition) is 1. The molecule has 174 valence electrons. The van der Waals surface area contributed by atoms with E-state index in [1.807, 2.05) is 35.2 Å². The Bertz CT molecular complexity index is 1200. The van der Waals surface area contributed by atoms with Crippen molar-refractivity contribution in [1.29, 1.82) is 0 Å². The van der Waals surface area contributed by atoms with Crippen LogP contribution in [0.5, 0.6) is 0 Å². The number of halogens is 2. The fourth-order valence-electron chi connectivity index (χ4n) is 5.07. The van der Waals surface area contributed by atoms with Crippen LogP contribution in [0, 0.1) is 5.82 Å². The van der Waals surface area contributed by atoms with Crippen molar-refractivity contribution in [3.63, 3.8) is 0 Å². The Morgan fingerprint density at radius 1 is 1.15 bits per heavy atom. The highest BCUT2D eigenvalue weighted by Crippen LogP contribution is 2.33. The maximum atomic E-state index is 13.2. The number of carbonyl (C=O) groups is 1. The molecule has 2 aromatic carbocycles. The summed E-state index contributed by atoms with van der Waals surface area (Å²) >= 11 is 6.42. The van der Waals surface area contributed by atoms with Crippen LogP contribution in [0.3, 0.4) is 0 Å². The van der Waals surface area contributed by atoms with E-state index >= 15 is 0 Å². The van der Waals surface area contributed by atoms with Gasteiger partial charge >= 0.3 is 0 Å². The molecular formula is C27H26ClFN4O. The van der Waals surface area contributed by atoms with Gasteiger partial charge in [0.25, 0.3) is 0 Å². The zero-order chi connectivity index (χ0) is 23.7. The molecule has 3 heterocycles. The van der Waals surface area contributed by atoms with E-state index < -0.39 is 0 Å². The van der Waals surface area contributed by atoms with Crippen LogP contribution in [0.25, 0.3) is 17.2 Å². The topological polar surface area (TPSA) is 62.5 Å². The molecule has 5 rings (SSSR count). The molecule has 34 heavy (non-hydrogen) atoms. The molecule has 2 aliphatic heterocycles. The summed E-state index contributed by atoms with van der Waals surface area (Å²) in [5, 5.41) is 0.546. The fraction of sp³-hybridized carbons (Fsp3) is 0.259. The van der Waals surface area contributed by atoms with Crippen molar-refractivity contribution in [3.05, 3.63) is 89.0 Å². The van der Waals surface area contributed by atoms with Crippen LogP contribution in [0.1, 0.15) is 24.0 Å². The first-order valence-electron chi connectivity index (χ1n) is 11.4. The third-order valence-corrected chi connectivity index (χ3v) is 7.00. The number of amides is 1. The normalized spacial score (nSPS) is 20.2. The van der Waals surface area contributed by atoms with E-state index in [-0.39, 0.29) is 23.8 Å². The van der Waals surface area contributed by atoms with Crippen LogP contribution in [0.15, 0.2) is 67.0 Å². The summed E-state index contributed by atoms with van der Waals surface area (Å²) in [7, 11) is 0. The zero-order valence-electron chi connectivity index (χ0n) is 18.7. The minimum Gasteiger partial charge on any atom is -0.398 e. The van der Waals surface area contributed by atoms with Gasteiger partial charge in [0, 0.05) is 67.0 Å². The highest BCUT2D eigenvalue weighted by Gasteiger charge is 2.41. The van der Waals surface area contributed by atoms with Gasteiger partial charge in [-0.15, -0.1) is 0 Å². The molecule has 5 nitrogen and oxygen atoms in total. The summed E-state index contributed by atoms with van der Waals surface area (Å²) in [4.78, 5) is 21.7. The van der Waals surface area contributed by atoms with E-state index in [2.05, 4.69) is 9.88 Å². The Labute approximate surface area is 203 Å². The molecule has 7 heteroatoms. The molecule has 2 unspecified atom stereocenters. The van der Waals surface area contributed by atoms with Gasteiger partial charge in [0.15, 0.2) is 0 Å². The Morgan fingerprint density at radius 3 is 2.56 bits per heavy atom. The molecule has 1 aromatic heterocycles. The molecule has 2 fully saturated rings. The number of anilines is 1. The van der Waals surface area contributed by atoms with Gasteiger partial charge in [-0.3, -0.25) is 14.7 Å². The lowest BCUT2D eigenvalue weighted by Gasteiger charge is -2.40. The summed E-state index contributed by atoms with van der Waals surface area (Å²) in [6.45, 7) is 2.41. The molecule has 2 bridgehead atoms. The van der Waals surface area contributed by atoms with E-state index in [1.54, 1.807) is 30.6 Å². The number of piperazine rings is 1. The lowest BCUT2D eigenvalue weighted by Crippen LogP contribution is -2.55. The fourth-order valence-corrected chi connectivity index (χ4v) is 5.35. The quantitative estimate of drug-likeness (QED) is 0.415. The number of nitrogen functional groups attached to an aromatic ring is 1. The van der Waals surface area contributed by atoms with Crippen LogP contribution < -0.4 is 5.73 Å². The van der Waals surface area contributed by atoms with Crippen molar-refractivity contribution in [1.82, 2.24) is 14.8 Å². The summed E-state index contributed by atoms with van der Waals surface area (Å²) in [5.41, 5.74) is 10.3. The van der Waals surface area contributed by atoms with Crippen LogP contribution in [-0.2, 0) is 11.3 Å². The molecule has 2 atom stereocenters. The second-order valence-electron chi connectivity index (χ2n) is 8.99. The van der Waals surface area contributed by atoms with Gasteiger partial charge in [-0.05, 0) is 60.4 Å². The number of nitrogens with two attached hydrogens (primary N) is 1. The second-order valence-corrected chi connectivity index (χ2v) is 9.39. The highest BCUT2D eigenvalue weighted by atomic mass is 35.5. The summed E-state index contributed by atoms with van der Waals surface area (Å²) in [6.07, 6.45) is 8.85. The summed E-state index contributed by atoms with van der Waals surface area (Å²) in [6, 6.07) is 14.4. The molecule has 3 aromatic rings. The van der Waals surface area contributed by atoms with Gasteiger partial charge in [0.1, 0.15) is 5.82 Å². The van der Waals surface area contributed by atoms with Gasteiger partial charge < -0.3 is 10.6 Å². The van der Waals surface area contributed by atoms with Crippen LogP contribution in [0.4, 0.5) is 10.1 Å². The lowest BCUT2D eigenvalue weighted by molar-refractivity contribution is -0.131.